The van der Waals surface area contributed by atoms with E-state index in [1.165, 1.54) is 41.4 Å². The number of halogens is 1. The van der Waals surface area contributed by atoms with Crippen LogP contribution in [0.15, 0.2) is 22.7 Å². The van der Waals surface area contributed by atoms with Crippen LogP contribution in [-0.2, 0) is 0 Å². The molecule has 0 aromatic heterocycles. The van der Waals surface area contributed by atoms with Crippen molar-refractivity contribution in [3.8, 4) is 0 Å². The molecule has 1 heterocycles. The Morgan fingerprint density at radius 1 is 1.21 bits per heavy atom. The highest BCUT2D eigenvalue weighted by Crippen LogP contribution is 2.44. The molecule has 1 aliphatic heterocycles. The Labute approximate surface area is 93.0 Å². The predicted molar refractivity (Wildman–Crippen MR) is 62.8 cm³/mol. The molecule has 0 radical (unpaired) electrons. The average Bonchev–Trinajstić information content (AvgIpc) is 2.56. The van der Waals surface area contributed by atoms with E-state index >= 15 is 0 Å². The first-order chi connectivity index (χ1) is 6.84. The Morgan fingerprint density at radius 2 is 2.07 bits per heavy atom. The van der Waals surface area contributed by atoms with Crippen LogP contribution < -0.4 is 5.32 Å². The summed E-state index contributed by atoms with van der Waals surface area (Å²) in [7, 11) is 0. The third-order valence-corrected chi connectivity index (χ3v) is 4.01. The highest BCUT2D eigenvalue weighted by molar-refractivity contribution is 9.10. The summed E-state index contributed by atoms with van der Waals surface area (Å²) in [6, 6.07) is 7.34. The van der Waals surface area contributed by atoms with Crippen LogP contribution in [0, 0.1) is 0 Å². The molecule has 0 bridgehead atoms. The third-order valence-electron chi connectivity index (χ3n) is 3.52. The summed E-state index contributed by atoms with van der Waals surface area (Å²) in [4.78, 5) is 0. The Morgan fingerprint density at radius 3 is 3.00 bits per heavy atom. The second-order valence-electron chi connectivity index (χ2n) is 4.37. The van der Waals surface area contributed by atoms with Crippen LogP contribution in [0.4, 0.5) is 5.69 Å². The Kier molecular flexibility index (Phi) is 2.05. The lowest BCUT2D eigenvalue weighted by Gasteiger charge is -2.25. The van der Waals surface area contributed by atoms with Gasteiger partial charge in [0.05, 0.1) is 0 Å². The summed E-state index contributed by atoms with van der Waals surface area (Å²) < 4.78 is 1.21. The summed E-state index contributed by atoms with van der Waals surface area (Å²) in [5.74, 6) is 0.774. The molecule has 14 heavy (non-hydrogen) atoms. The largest absolute Gasteiger partial charge is 0.381 e. The number of nitrogens with one attached hydrogen (secondary N) is 1. The monoisotopic (exact) mass is 251 g/mol. The fourth-order valence-electron chi connectivity index (χ4n) is 2.85. The van der Waals surface area contributed by atoms with E-state index in [9.17, 15) is 0 Å². The SMILES string of the molecule is Brc1ccc2c(c1)[C@H]1CCCC[C@H]1N2. The molecular weight excluding hydrogens is 238 g/mol. The van der Waals surface area contributed by atoms with Gasteiger partial charge in [-0.1, -0.05) is 28.8 Å². The Balaban J connectivity index is 2.02. The minimum Gasteiger partial charge on any atom is -0.381 e. The van der Waals surface area contributed by atoms with E-state index < -0.39 is 0 Å². The number of benzene rings is 1. The zero-order valence-corrected chi connectivity index (χ0v) is 9.68. The molecule has 1 nitrogen and oxygen atoms in total. The zero-order chi connectivity index (χ0) is 9.54. The van der Waals surface area contributed by atoms with Crippen molar-refractivity contribution in [3.63, 3.8) is 0 Å². The van der Waals surface area contributed by atoms with Gasteiger partial charge in [0.2, 0.25) is 0 Å². The molecule has 1 fully saturated rings. The summed E-state index contributed by atoms with van der Waals surface area (Å²) >= 11 is 3.55. The molecule has 1 saturated carbocycles. The molecule has 1 aliphatic carbocycles. The first-order valence-corrected chi connectivity index (χ1v) is 6.20. The molecule has 0 amide bonds. The minimum atomic E-state index is 0.716. The topological polar surface area (TPSA) is 12.0 Å². The molecule has 2 heteroatoms. The van der Waals surface area contributed by atoms with Crippen molar-refractivity contribution in [3.05, 3.63) is 28.2 Å². The van der Waals surface area contributed by atoms with Crippen LogP contribution in [0.1, 0.15) is 37.2 Å². The minimum absolute atomic E-state index is 0.716. The number of hydrogen-bond donors (Lipinski definition) is 1. The van der Waals surface area contributed by atoms with E-state index in [0.29, 0.717) is 6.04 Å². The normalized spacial score (nSPS) is 29.2. The van der Waals surface area contributed by atoms with Gasteiger partial charge in [-0.25, -0.2) is 0 Å². The summed E-state index contributed by atoms with van der Waals surface area (Å²) in [5.41, 5.74) is 2.90. The van der Waals surface area contributed by atoms with Gasteiger partial charge >= 0.3 is 0 Å². The maximum absolute atomic E-state index is 3.64. The third kappa shape index (κ3) is 1.28. The van der Waals surface area contributed by atoms with E-state index in [2.05, 4.69) is 39.4 Å². The Hall–Kier alpha value is -0.500. The van der Waals surface area contributed by atoms with Gasteiger partial charge in [-0.2, -0.15) is 0 Å². The molecule has 0 saturated heterocycles. The van der Waals surface area contributed by atoms with E-state index in [1.807, 2.05) is 0 Å². The van der Waals surface area contributed by atoms with Crippen LogP contribution in [0.2, 0.25) is 0 Å². The molecule has 1 aromatic carbocycles. The summed E-state index contributed by atoms with van der Waals surface area (Å²) in [6.45, 7) is 0. The van der Waals surface area contributed by atoms with Gasteiger partial charge in [-0.05, 0) is 36.6 Å². The predicted octanol–water partition coefficient (Wildman–Crippen LogP) is 3.90. The van der Waals surface area contributed by atoms with Crippen LogP contribution in [-0.4, -0.2) is 6.04 Å². The van der Waals surface area contributed by atoms with Crippen LogP contribution in [0.3, 0.4) is 0 Å². The number of anilines is 1. The molecule has 2 atom stereocenters. The first kappa shape index (κ1) is 8.78. The summed E-state index contributed by atoms with van der Waals surface area (Å²) in [5, 5.41) is 3.64. The fraction of sp³-hybridized carbons (Fsp3) is 0.500. The van der Waals surface area contributed by atoms with Crippen molar-refractivity contribution >= 4 is 21.6 Å². The van der Waals surface area contributed by atoms with E-state index in [0.717, 1.165) is 5.92 Å². The maximum Gasteiger partial charge on any atom is 0.0379 e. The van der Waals surface area contributed by atoms with Crippen LogP contribution in [0.5, 0.6) is 0 Å². The zero-order valence-electron chi connectivity index (χ0n) is 8.09. The highest BCUT2D eigenvalue weighted by atomic mass is 79.9. The fourth-order valence-corrected chi connectivity index (χ4v) is 3.23. The van der Waals surface area contributed by atoms with Gasteiger partial charge in [0.25, 0.3) is 0 Å². The van der Waals surface area contributed by atoms with Gasteiger partial charge in [0, 0.05) is 22.1 Å². The van der Waals surface area contributed by atoms with E-state index in [-0.39, 0.29) is 0 Å². The molecule has 1 N–H and O–H groups in total. The Bertz CT molecular complexity index is 361. The van der Waals surface area contributed by atoms with Crippen molar-refractivity contribution in [2.45, 2.75) is 37.6 Å². The summed E-state index contributed by atoms with van der Waals surface area (Å²) in [6.07, 6.45) is 5.50. The number of rotatable bonds is 0. The van der Waals surface area contributed by atoms with Crippen molar-refractivity contribution in [2.24, 2.45) is 0 Å². The van der Waals surface area contributed by atoms with E-state index in [4.69, 9.17) is 0 Å². The van der Waals surface area contributed by atoms with Crippen LogP contribution in [0.25, 0.3) is 0 Å². The van der Waals surface area contributed by atoms with Crippen molar-refractivity contribution in [2.75, 3.05) is 5.32 Å². The smallest absolute Gasteiger partial charge is 0.0379 e. The lowest BCUT2D eigenvalue weighted by atomic mass is 9.83. The molecule has 1 aromatic rings. The van der Waals surface area contributed by atoms with Gasteiger partial charge in [0.1, 0.15) is 0 Å². The maximum atomic E-state index is 3.64. The molecule has 0 spiro atoms. The molecular formula is C12H14BrN. The molecule has 3 rings (SSSR count). The van der Waals surface area contributed by atoms with Crippen molar-refractivity contribution in [1.82, 2.24) is 0 Å². The quantitative estimate of drug-likeness (QED) is 0.738. The van der Waals surface area contributed by atoms with Crippen molar-refractivity contribution in [1.29, 1.82) is 0 Å². The molecule has 0 unspecified atom stereocenters. The van der Waals surface area contributed by atoms with Gasteiger partial charge in [0.15, 0.2) is 0 Å². The van der Waals surface area contributed by atoms with E-state index in [1.54, 1.807) is 0 Å². The van der Waals surface area contributed by atoms with Crippen molar-refractivity contribution < 1.29 is 0 Å². The lowest BCUT2D eigenvalue weighted by Crippen LogP contribution is -2.23. The molecule has 2 aliphatic rings. The lowest BCUT2D eigenvalue weighted by molar-refractivity contribution is 0.422. The molecule has 74 valence electrons. The highest BCUT2D eigenvalue weighted by Gasteiger charge is 2.33. The number of hydrogen-bond acceptors (Lipinski definition) is 1. The van der Waals surface area contributed by atoms with Gasteiger partial charge < -0.3 is 5.32 Å². The second kappa shape index (κ2) is 3.27. The second-order valence-corrected chi connectivity index (χ2v) is 5.29. The standard InChI is InChI=1S/C12H14BrN/c13-8-5-6-12-10(7-8)9-3-1-2-4-11(9)14-12/h5-7,9,11,14H,1-4H2/t9-,11-/m1/s1. The number of fused-ring (bicyclic) bond motifs is 3. The van der Waals surface area contributed by atoms with Gasteiger partial charge in [-0.3, -0.25) is 0 Å². The van der Waals surface area contributed by atoms with Gasteiger partial charge in [-0.15, -0.1) is 0 Å². The first-order valence-electron chi connectivity index (χ1n) is 5.40. The van der Waals surface area contributed by atoms with Crippen LogP contribution >= 0.6 is 15.9 Å². The average molecular weight is 252 g/mol.